The van der Waals surface area contributed by atoms with Gasteiger partial charge in [0.2, 0.25) is 6.41 Å². The van der Waals surface area contributed by atoms with E-state index in [-0.39, 0.29) is 11.9 Å². The van der Waals surface area contributed by atoms with Gasteiger partial charge in [0.25, 0.3) is 5.91 Å². The number of pyridine rings is 1. The molecule has 0 aliphatic carbocycles. The Balaban J connectivity index is 1.68. The third-order valence-corrected chi connectivity index (χ3v) is 6.04. The summed E-state index contributed by atoms with van der Waals surface area (Å²) in [4.78, 5) is 27.8. The molecule has 0 saturated heterocycles. The van der Waals surface area contributed by atoms with Gasteiger partial charge in [-0.3, -0.25) is 14.6 Å². The average molecular weight is 518 g/mol. The number of amides is 2. The number of nitrogens with one attached hydrogen (secondary N) is 2. The maximum Gasteiger partial charge on any atom is 0.251 e. The molecule has 2 N–H and O–H groups in total. The molecule has 3 rings (SSSR count). The highest BCUT2D eigenvalue weighted by Gasteiger charge is 2.15. The summed E-state index contributed by atoms with van der Waals surface area (Å²) in [5.74, 6) is -0.0883. The number of rotatable bonds is 12. The maximum absolute atomic E-state index is 13.1. The topological polar surface area (TPSA) is 80.3 Å². The molecule has 9 heteroatoms. The Morgan fingerprint density at radius 1 is 1.09 bits per heavy atom. The molecule has 1 heterocycles. The summed E-state index contributed by atoms with van der Waals surface area (Å²) in [6.45, 7) is 2.75. The fraction of sp³-hybridized carbons (Fsp3) is 0.269. The summed E-state index contributed by atoms with van der Waals surface area (Å²) in [5, 5.41) is 6.52. The summed E-state index contributed by atoms with van der Waals surface area (Å²) < 4.78 is 19.2. The number of aryl methyl sites for hydroxylation is 1. The van der Waals surface area contributed by atoms with Gasteiger partial charge in [0.15, 0.2) is 0 Å². The molecule has 0 bridgehead atoms. The molecule has 0 radical (unpaired) electrons. The first kappa shape index (κ1) is 26.4. The van der Waals surface area contributed by atoms with E-state index in [2.05, 4.69) is 10.6 Å². The van der Waals surface area contributed by atoms with Crippen LogP contribution in [-0.2, 0) is 17.6 Å². The molecular weight excluding hydrogens is 492 g/mol. The maximum atomic E-state index is 13.1. The lowest BCUT2D eigenvalue weighted by Gasteiger charge is -2.17. The molecule has 6 nitrogen and oxygen atoms in total. The molecule has 0 aliphatic heterocycles. The van der Waals surface area contributed by atoms with Crippen LogP contribution in [-0.4, -0.2) is 30.5 Å². The Morgan fingerprint density at radius 2 is 1.86 bits per heavy atom. The van der Waals surface area contributed by atoms with Gasteiger partial charge in [0.1, 0.15) is 11.6 Å². The van der Waals surface area contributed by atoms with E-state index in [9.17, 15) is 14.0 Å². The largest absolute Gasteiger partial charge is 0.491 e. The second kappa shape index (κ2) is 13.1. The fourth-order valence-electron chi connectivity index (χ4n) is 3.40. The number of halogens is 3. The molecule has 1 aromatic heterocycles. The van der Waals surface area contributed by atoms with Crippen molar-refractivity contribution < 1.29 is 18.7 Å². The Morgan fingerprint density at radius 3 is 2.57 bits per heavy atom. The van der Waals surface area contributed by atoms with Gasteiger partial charge in [-0.25, -0.2) is 4.39 Å². The van der Waals surface area contributed by atoms with E-state index in [0.717, 1.165) is 11.3 Å². The highest BCUT2D eigenvalue weighted by molar-refractivity contribution is 6.42. The number of carbonyl (C=O) groups is 2. The summed E-state index contributed by atoms with van der Waals surface area (Å²) in [6.07, 6.45) is 2.55. The van der Waals surface area contributed by atoms with Crippen LogP contribution in [0.4, 0.5) is 4.39 Å². The number of hydrogen-bond acceptors (Lipinski definition) is 4. The molecule has 184 valence electrons. The van der Waals surface area contributed by atoms with Gasteiger partial charge in [0.05, 0.1) is 34.1 Å². The summed E-state index contributed by atoms with van der Waals surface area (Å²) in [7, 11) is 0. The minimum atomic E-state index is -0.403. The minimum Gasteiger partial charge on any atom is -0.491 e. The molecule has 2 aromatic carbocycles. The number of aromatic nitrogens is 1. The van der Waals surface area contributed by atoms with Gasteiger partial charge in [-0.15, -0.1) is 0 Å². The van der Waals surface area contributed by atoms with Crippen LogP contribution in [0.3, 0.4) is 0 Å². The quantitative estimate of drug-likeness (QED) is 0.251. The predicted molar refractivity (Wildman–Crippen MR) is 135 cm³/mol. The monoisotopic (exact) mass is 517 g/mol. The van der Waals surface area contributed by atoms with E-state index in [0.29, 0.717) is 65.9 Å². The molecule has 0 aliphatic rings. The molecule has 0 fully saturated rings. The van der Waals surface area contributed by atoms with E-state index in [4.69, 9.17) is 32.9 Å². The smallest absolute Gasteiger partial charge is 0.251 e. The van der Waals surface area contributed by atoms with E-state index in [1.54, 1.807) is 12.1 Å². The predicted octanol–water partition coefficient (Wildman–Crippen LogP) is 5.32. The Kier molecular flexibility index (Phi) is 9.87. The van der Waals surface area contributed by atoms with Crippen molar-refractivity contribution in [2.45, 2.75) is 32.2 Å². The Labute approximate surface area is 213 Å². The van der Waals surface area contributed by atoms with Crippen molar-refractivity contribution in [3.8, 4) is 5.75 Å². The van der Waals surface area contributed by atoms with Crippen LogP contribution in [0.15, 0.2) is 54.6 Å². The van der Waals surface area contributed by atoms with Crippen molar-refractivity contribution in [2.75, 3.05) is 13.2 Å². The standard InChI is InChI=1S/C26H26Cl2FN3O3/c1-17(31-26(34)19-5-7-20(29)8-6-19)23-10-11-25(24(32-23)3-2-13-30-16-33)35-14-12-18-4-9-21(27)22(28)15-18/h4-11,15-17H,2-3,12-14H2,1H3,(H,30,33)(H,31,34). The molecule has 2 amide bonds. The van der Waals surface area contributed by atoms with Crippen LogP contribution in [0.25, 0.3) is 0 Å². The average Bonchev–Trinajstić information content (AvgIpc) is 2.85. The zero-order valence-electron chi connectivity index (χ0n) is 19.2. The van der Waals surface area contributed by atoms with Crippen LogP contribution in [0.1, 0.15) is 46.7 Å². The lowest BCUT2D eigenvalue weighted by molar-refractivity contribution is -0.109. The van der Waals surface area contributed by atoms with Crippen molar-refractivity contribution in [1.29, 1.82) is 0 Å². The van der Waals surface area contributed by atoms with Gasteiger partial charge >= 0.3 is 0 Å². The molecule has 0 spiro atoms. The van der Waals surface area contributed by atoms with Gasteiger partial charge in [-0.2, -0.15) is 0 Å². The number of hydrogen-bond donors (Lipinski definition) is 2. The van der Waals surface area contributed by atoms with E-state index < -0.39 is 5.82 Å². The van der Waals surface area contributed by atoms with Gasteiger partial charge in [-0.1, -0.05) is 29.3 Å². The Bertz CT molecular complexity index is 1160. The van der Waals surface area contributed by atoms with Gasteiger partial charge < -0.3 is 15.4 Å². The SMILES string of the molecule is CC(NC(=O)c1ccc(F)cc1)c1ccc(OCCc2ccc(Cl)c(Cl)c2)c(CCCNC=O)n1. The van der Waals surface area contributed by atoms with Crippen LogP contribution in [0.2, 0.25) is 10.0 Å². The number of nitrogens with zero attached hydrogens (tertiary/aromatic N) is 1. The highest BCUT2D eigenvalue weighted by Crippen LogP contribution is 2.24. The first-order valence-corrected chi connectivity index (χ1v) is 11.9. The Hall–Kier alpha value is -3.16. The summed E-state index contributed by atoms with van der Waals surface area (Å²) >= 11 is 12.1. The van der Waals surface area contributed by atoms with Crippen LogP contribution < -0.4 is 15.4 Å². The third kappa shape index (κ3) is 7.94. The van der Waals surface area contributed by atoms with Crippen molar-refractivity contribution in [3.63, 3.8) is 0 Å². The zero-order chi connectivity index (χ0) is 25.2. The van der Waals surface area contributed by atoms with Crippen molar-refractivity contribution in [2.24, 2.45) is 0 Å². The summed E-state index contributed by atoms with van der Waals surface area (Å²) in [6, 6.07) is 14.1. The number of ether oxygens (including phenoxy) is 1. The third-order valence-electron chi connectivity index (χ3n) is 5.30. The van der Waals surface area contributed by atoms with E-state index >= 15 is 0 Å². The molecule has 0 saturated carbocycles. The van der Waals surface area contributed by atoms with Crippen LogP contribution >= 0.6 is 23.2 Å². The van der Waals surface area contributed by atoms with Crippen LogP contribution in [0, 0.1) is 5.82 Å². The van der Waals surface area contributed by atoms with Crippen LogP contribution in [0.5, 0.6) is 5.75 Å². The molecule has 1 atom stereocenters. The second-order valence-corrected chi connectivity index (χ2v) is 8.72. The lowest BCUT2D eigenvalue weighted by atomic mass is 10.1. The van der Waals surface area contributed by atoms with Crippen molar-refractivity contribution in [3.05, 3.63) is 93.0 Å². The number of carbonyl (C=O) groups excluding carboxylic acids is 2. The molecular formula is C26H26Cl2FN3O3. The first-order valence-electron chi connectivity index (χ1n) is 11.2. The molecule has 3 aromatic rings. The van der Waals surface area contributed by atoms with Gasteiger partial charge in [-0.05, 0) is 73.9 Å². The second-order valence-electron chi connectivity index (χ2n) is 7.91. The first-order chi connectivity index (χ1) is 16.9. The molecule has 35 heavy (non-hydrogen) atoms. The zero-order valence-corrected chi connectivity index (χ0v) is 20.7. The van der Waals surface area contributed by atoms with Gasteiger partial charge in [0, 0.05) is 18.5 Å². The lowest BCUT2D eigenvalue weighted by Crippen LogP contribution is -2.27. The normalized spacial score (nSPS) is 11.5. The fourth-order valence-corrected chi connectivity index (χ4v) is 3.72. The van der Waals surface area contributed by atoms with Crippen molar-refractivity contribution >= 4 is 35.5 Å². The summed E-state index contributed by atoms with van der Waals surface area (Å²) in [5.41, 5.74) is 2.75. The minimum absolute atomic E-state index is 0.321. The highest BCUT2D eigenvalue weighted by atomic mass is 35.5. The van der Waals surface area contributed by atoms with Crippen molar-refractivity contribution in [1.82, 2.24) is 15.6 Å². The van der Waals surface area contributed by atoms with E-state index in [1.807, 2.05) is 25.1 Å². The van der Waals surface area contributed by atoms with E-state index in [1.165, 1.54) is 24.3 Å². The number of benzene rings is 2. The molecule has 1 unspecified atom stereocenters.